The molecular weight excluding hydrogens is 511 g/mol. The minimum Gasteiger partial charge on any atom is -0.353 e. The maximum absolute atomic E-state index is 12.5. The molecule has 34 heavy (non-hydrogen) atoms. The maximum atomic E-state index is 12.5. The number of fused-ring (bicyclic) bond motifs is 1. The number of aromatic nitrogens is 1. The fraction of sp³-hybridized carbons (Fsp3) is 0.375. The maximum Gasteiger partial charge on any atom is 0.253 e. The summed E-state index contributed by atoms with van der Waals surface area (Å²) in [6.45, 7) is 2.67. The average Bonchev–Trinajstić information content (AvgIpc) is 3.23. The minimum atomic E-state index is -0.0353. The van der Waals surface area contributed by atoms with Gasteiger partial charge in [-0.1, -0.05) is 41.0 Å². The topological polar surface area (TPSA) is 65.5 Å². The van der Waals surface area contributed by atoms with Crippen LogP contribution in [0.2, 0.25) is 10.0 Å². The van der Waals surface area contributed by atoms with E-state index in [1.807, 2.05) is 30.3 Å². The van der Waals surface area contributed by atoms with Crippen molar-refractivity contribution in [1.82, 2.24) is 20.1 Å². The third-order valence-corrected chi connectivity index (χ3v) is 8.59. The molecule has 0 saturated carbocycles. The molecule has 2 amide bonds. The number of benzene rings is 2. The first kappa shape index (κ1) is 25.3. The van der Waals surface area contributed by atoms with Crippen LogP contribution >= 0.6 is 46.3 Å². The molecule has 4 rings (SSSR count). The van der Waals surface area contributed by atoms with Gasteiger partial charge in [0, 0.05) is 45.3 Å². The standard InChI is InChI=1S/C24H26Cl2N4O2S2/c1-29(2)23(32)16-4-6-20-21(12-16)34-24(28-20)33-14-22(31)27-17-7-9-30(10-8-17)13-15-3-5-18(25)19(26)11-15/h3-6,11-12,17H,7-10,13-14H2,1-2H3,(H,27,31). The largest absolute Gasteiger partial charge is 0.353 e. The van der Waals surface area contributed by atoms with Crippen LogP contribution in [0, 0.1) is 0 Å². The van der Waals surface area contributed by atoms with Crippen molar-refractivity contribution in [2.24, 2.45) is 0 Å². The first-order valence-electron chi connectivity index (χ1n) is 11.0. The van der Waals surface area contributed by atoms with Crippen LogP contribution in [0.4, 0.5) is 0 Å². The summed E-state index contributed by atoms with van der Waals surface area (Å²) in [7, 11) is 3.47. The van der Waals surface area contributed by atoms with Crippen LogP contribution < -0.4 is 5.32 Å². The molecule has 1 fully saturated rings. The van der Waals surface area contributed by atoms with E-state index in [4.69, 9.17) is 23.2 Å². The van der Waals surface area contributed by atoms with Crippen LogP contribution in [0.25, 0.3) is 10.2 Å². The highest BCUT2D eigenvalue weighted by Gasteiger charge is 2.21. The third-order valence-electron chi connectivity index (χ3n) is 5.69. The van der Waals surface area contributed by atoms with Gasteiger partial charge in [0.2, 0.25) is 5.91 Å². The molecule has 3 aromatic rings. The van der Waals surface area contributed by atoms with Gasteiger partial charge in [0.1, 0.15) is 0 Å². The van der Waals surface area contributed by atoms with E-state index < -0.39 is 0 Å². The van der Waals surface area contributed by atoms with E-state index in [9.17, 15) is 9.59 Å². The smallest absolute Gasteiger partial charge is 0.253 e. The minimum absolute atomic E-state index is 0.0238. The molecule has 0 spiro atoms. The lowest BCUT2D eigenvalue weighted by molar-refractivity contribution is -0.119. The van der Waals surface area contributed by atoms with E-state index in [0.717, 1.165) is 52.6 Å². The Labute approximate surface area is 217 Å². The molecule has 6 nitrogen and oxygen atoms in total. The van der Waals surface area contributed by atoms with Crippen molar-refractivity contribution < 1.29 is 9.59 Å². The van der Waals surface area contributed by atoms with Crippen LogP contribution in [0.5, 0.6) is 0 Å². The molecule has 2 heterocycles. The van der Waals surface area contributed by atoms with Gasteiger partial charge in [0.05, 0.1) is 26.0 Å². The zero-order valence-electron chi connectivity index (χ0n) is 19.0. The second-order valence-corrected chi connectivity index (χ2v) is 11.6. The van der Waals surface area contributed by atoms with E-state index in [-0.39, 0.29) is 17.9 Å². The molecule has 0 aliphatic carbocycles. The lowest BCUT2D eigenvalue weighted by Crippen LogP contribution is -2.44. The lowest BCUT2D eigenvalue weighted by Gasteiger charge is -2.32. The zero-order valence-corrected chi connectivity index (χ0v) is 22.2. The van der Waals surface area contributed by atoms with Crippen LogP contribution in [0.3, 0.4) is 0 Å². The second kappa shape index (κ2) is 11.3. The number of nitrogens with zero attached hydrogens (tertiary/aromatic N) is 3. The number of rotatable bonds is 7. The summed E-state index contributed by atoms with van der Waals surface area (Å²) < 4.78 is 1.78. The van der Waals surface area contributed by atoms with Crippen LogP contribution in [0.1, 0.15) is 28.8 Å². The quantitative estimate of drug-likeness (QED) is 0.421. The van der Waals surface area contributed by atoms with Gasteiger partial charge in [0.25, 0.3) is 5.91 Å². The van der Waals surface area contributed by atoms with Crippen molar-refractivity contribution in [2.75, 3.05) is 32.9 Å². The highest BCUT2D eigenvalue weighted by atomic mass is 35.5. The van der Waals surface area contributed by atoms with Gasteiger partial charge >= 0.3 is 0 Å². The predicted octanol–water partition coefficient (Wildman–Crippen LogP) is 5.18. The van der Waals surface area contributed by atoms with Gasteiger partial charge in [-0.2, -0.15) is 0 Å². The molecule has 10 heteroatoms. The van der Waals surface area contributed by atoms with Crippen LogP contribution in [-0.2, 0) is 11.3 Å². The second-order valence-electron chi connectivity index (χ2n) is 8.52. The van der Waals surface area contributed by atoms with Crippen molar-refractivity contribution in [1.29, 1.82) is 0 Å². The molecule has 1 aromatic heterocycles. The number of piperidine rings is 1. The normalized spacial score (nSPS) is 14.9. The van der Waals surface area contributed by atoms with Crippen molar-refractivity contribution in [3.8, 4) is 0 Å². The van der Waals surface area contributed by atoms with Gasteiger partial charge in [-0.05, 0) is 48.7 Å². The summed E-state index contributed by atoms with van der Waals surface area (Å²) in [5.41, 5.74) is 2.63. The first-order valence-corrected chi connectivity index (χ1v) is 13.5. The molecule has 1 aliphatic heterocycles. The van der Waals surface area contributed by atoms with E-state index in [0.29, 0.717) is 21.4 Å². The molecule has 2 aromatic carbocycles. The number of amides is 2. The summed E-state index contributed by atoms with van der Waals surface area (Å²) in [6.07, 6.45) is 1.84. The number of carbonyl (C=O) groups is 2. The number of carbonyl (C=O) groups excluding carboxylic acids is 2. The molecule has 0 radical (unpaired) electrons. The van der Waals surface area contributed by atoms with Gasteiger partial charge in [-0.25, -0.2) is 4.98 Å². The zero-order chi connectivity index (χ0) is 24.2. The van der Waals surface area contributed by atoms with Crippen LogP contribution in [-0.4, -0.2) is 65.6 Å². The summed E-state index contributed by atoms with van der Waals surface area (Å²) in [4.78, 5) is 33.2. The number of likely N-dealkylation sites (tertiary alicyclic amines) is 1. The number of hydrogen-bond donors (Lipinski definition) is 1. The van der Waals surface area contributed by atoms with E-state index >= 15 is 0 Å². The molecular formula is C24H26Cl2N4O2S2. The Morgan fingerprint density at radius 1 is 1.15 bits per heavy atom. The fourth-order valence-electron chi connectivity index (χ4n) is 3.88. The van der Waals surface area contributed by atoms with Crippen LogP contribution in [0.15, 0.2) is 40.7 Å². The molecule has 0 unspecified atom stereocenters. The number of thioether (sulfide) groups is 1. The SMILES string of the molecule is CN(C)C(=O)c1ccc2nc(SCC(=O)NC3CCN(Cc4ccc(Cl)c(Cl)c4)CC3)sc2c1. The van der Waals surface area contributed by atoms with Gasteiger partial charge in [0.15, 0.2) is 4.34 Å². The van der Waals surface area contributed by atoms with Crippen molar-refractivity contribution in [2.45, 2.75) is 29.8 Å². The highest BCUT2D eigenvalue weighted by molar-refractivity contribution is 8.01. The van der Waals surface area contributed by atoms with E-state index in [1.165, 1.54) is 23.1 Å². The Kier molecular flexibility index (Phi) is 8.37. The van der Waals surface area contributed by atoms with Gasteiger partial charge in [-0.15, -0.1) is 11.3 Å². The average molecular weight is 538 g/mol. The first-order chi connectivity index (χ1) is 16.3. The number of hydrogen-bond acceptors (Lipinski definition) is 6. The molecule has 180 valence electrons. The Hall–Kier alpha value is -1.84. The molecule has 0 bridgehead atoms. The number of thiazole rings is 1. The monoisotopic (exact) mass is 536 g/mol. The van der Waals surface area contributed by atoms with E-state index in [2.05, 4.69) is 15.2 Å². The van der Waals surface area contributed by atoms with Gasteiger partial charge < -0.3 is 10.2 Å². The summed E-state index contributed by atoms with van der Waals surface area (Å²) >= 11 is 15.1. The molecule has 1 saturated heterocycles. The summed E-state index contributed by atoms with van der Waals surface area (Å²) in [5, 5.41) is 4.31. The summed E-state index contributed by atoms with van der Waals surface area (Å²) in [5.74, 6) is 0.315. The number of halogens is 2. The van der Waals surface area contributed by atoms with Crippen molar-refractivity contribution in [3.05, 3.63) is 57.6 Å². The molecule has 1 aliphatic rings. The summed E-state index contributed by atoms with van der Waals surface area (Å²) in [6, 6.07) is 11.5. The van der Waals surface area contributed by atoms with Crippen molar-refractivity contribution in [3.63, 3.8) is 0 Å². The Morgan fingerprint density at radius 3 is 2.62 bits per heavy atom. The van der Waals surface area contributed by atoms with Gasteiger partial charge in [-0.3, -0.25) is 14.5 Å². The predicted molar refractivity (Wildman–Crippen MR) is 141 cm³/mol. The molecule has 0 atom stereocenters. The highest BCUT2D eigenvalue weighted by Crippen LogP contribution is 2.30. The van der Waals surface area contributed by atoms with E-state index in [1.54, 1.807) is 25.1 Å². The Morgan fingerprint density at radius 2 is 1.91 bits per heavy atom. The lowest BCUT2D eigenvalue weighted by atomic mass is 10.0. The molecule has 1 N–H and O–H groups in total. The Bertz CT molecular complexity index is 1190. The van der Waals surface area contributed by atoms with Crippen molar-refractivity contribution >= 4 is 68.3 Å². The Balaban J connectivity index is 1.23. The fourth-order valence-corrected chi connectivity index (χ4v) is 6.12. The third kappa shape index (κ3) is 6.43. The number of nitrogens with one attached hydrogen (secondary N) is 1.